The number of hydrogen-bond donors (Lipinski definition) is 2. The first-order valence-electron chi connectivity index (χ1n) is 8.71. The Bertz CT molecular complexity index is 1220. The predicted molar refractivity (Wildman–Crippen MR) is 102 cm³/mol. The minimum atomic E-state index is -4.52. The number of nitrogens with one attached hydrogen (secondary N) is 2. The number of fused-ring (bicyclic) bond motifs is 1. The van der Waals surface area contributed by atoms with E-state index in [0.717, 1.165) is 11.8 Å². The smallest absolute Gasteiger partial charge is 0.338 e. The van der Waals surface area contributed by atoms with Crippen molar-refractivity contribution in [2.45, 2.75) is 13.1 Å². The molecule has 0 spiro atoms. The van der Waals surface area contributed by atoms with E-state index in [4.69, 9.17) is 0 Å². The quantitative estimate of drug-likeness (QED) is 0.531. The van der Waals surface area contributed by atoms with Crippen molar-refractivity contribution in [1.82, 2.24) is 19.7 Å². The fourth-order valence-corrected chi connectivity index (χ4v) is 3.19. The Hall–Kier alpha value is -3.62. The standard InChI is InChI=1S/C20H16F3N5O/c1-11-10-16(28(2)27-11)25-19(29)13-7-5-9-15-17(13)26-18(24-15)12-6-3-4-8-14(12)20(21,22)23/h3-10H,1-2H3,(H,24,26)(H,25,29). The number of amides is 1. The molecule has 6 nitrogen and oxygen atoms in total. The highest BCUT2D eigenvalue weighted by Crippen LogP contribution is 2.36. The van der Waals surface area contributed by atoms with Gasteiger partial charge in [-0.25, -0.2) is 4.98 Å². The fourth-order valence-electron chi connectivity index (χ4n) is 3.19. The number of carbonyl (C=O) groups excluding carboxylic acids is 1. The van der Waals surface area contributed by atoms with Crippen molar-refractivity contribution < 1.29 is 18.0 Å². The van der Waals surface area contributed by atoms with Crippen molar-refractivity contribution in [1.29, 1.82) is 0 Å². The summed E-state index contributed by atoms with van der Waals surface area (Å²) >= 11 is 0. The number of benzene rings is 2. The fraction of sp³-hybridized carbons (Fsp3) is 0.150. The Labute approximate surface area is 163 Å². The SMILES string of the molecule is Cc1cc(NC(=O)c2cccc3[nH]c(-c4ccccc4C(F)(F)F)nc23)n(C)n1. The first-order chi connectivity index (χ1) is 13.7. The van der Waals surface area contributed by atoms with Crippen LogP contribution in [-0.4, -0.2) is 25.7 Å². The van der Waals surface area contributed by atoms with E-state index < -0.39 is 17.6 Å². The summed E-state index contributed by atoms with van der Waals surface area (Å²) in [4.78, 5) is 20.0. The van der Waals surface area contributed by atoms with Crippen molar-refractivity contribution in [2.24, 2.45) is 7.05 Å². The minimum absolute atomic E-state index is 0.0459. The molecule has 9 heteroatoms. The molecule has 0 saturated carbocycles. The van der Waals surface area contributed by atoms with Gasteiger partial charge in [0.2, 0.25) is 0 Å². The van der Waals surface area contributed by atoms with Crippen LogP contribution in [-0.2, 0) is 13.2 Å². The Morgan fingerprint density at radius 1 is 1.14 bits per heavy atom. The first kappa shape index (κ1) is 18.7. The maximum absolute atomic E-state index is 13.4. The summed E-state index contributed by atoms with van der Waals surface area (Å²) in [6, 6.07) is 11.8. The van der Waals surface area contributed by atoms with Gasteiger partial charge in [0.15, 0.2) is 0 Å². The second-order valence-electron chi connectivity index (χ2n) is 6.58. The molecule has 148 valence electrons. The third kappa shape index (κ3) is 3.46. The number of nitrogens with zero attached hydrogens (tertiary/aromatic N) is 3. The maximum atomic E-state index is 13.4. The molecule has 4 rings (SSSR count). The van der Waals surface area contributed by atoms with Crippen molar-refractivity contribution in [2.75, 3.05) is 5.32 Å². The van der Waals surface area contributed by atoms with E-state index in [-0.39, 0.29) is 22.5 Å². The van der Waals surface area contributed by atoms with Gasteiger partial charge in [0.25, 0.3) is 5.91 Å². The molecule has 0 radical (unpaired) electrons. The molecule has 0 aliphatic rings. The number of hydrogen-bond acceptors (Lipinski definition) is 3. The van der Waals surface area contributed by atoms with Gasteiger partial charge in [0.05, 0.1) is 22.3 Å². The number of aromatic amines is 1. The van der Waals surface area contributed by atoms with Gasteiger partial charge in [-0.15, -0.1) is 0 Å². The van der Waals surface area contributed by atoms with Gasteiger partial charge < -0.3 is 10.3 Å². The highest BCUT2D eigenvalue weighted by atomic mass is 19.4. The van der Waals surface area contributed by atoms with Gasteiger partial charge in [-0.3, -0.25) is 9.48 Å². The summed E-state index contributed by atoms with van der Waals surface area (Å²) in [5.41, 5.74) is 0.863. The van der Waals surface area contributed by atoms with Crippen LogP contribution in [0.5, 0.6) is 0 Å². The largest absolute Gasteiger partial charge is 0.417 e. The zero-order valence-corrected chi connectivity index (χ0v) is 15.5. The Kier molecular flexibility index (Phi) is 4.37. The lowest BCUT2D eigenvalue weighted by Crippen LogP contribution is -2.15. The van der Waals surface area contributed by atoms with E-state index in [1.807, 2.05) is 0 Å². The molecule has 0 bridgehead atoms. The summed E-state index contributed by atoms with van der Waals surface area (Å²) in [7, 11) is 1.70. The highest BCUT2D eigenvalue weighted by molar-refractivity contribution is 6.11. The number of H-pyrrole nitrogens is 1. The zero-order valence-electron chi connectivity index (χ0n) is 15.5. The van der Waals surface area contributed by atoms with Crippen LogP contribution in [0.15, 0.2) is 48.5 Å². The number of para-hydroxylation sites is 1. The maximum Gasteiger partial charge on any atom is 0.417 e. The van der Waals surface area contributed by atoms with Gasteiger partial charge in [0, 0.05) is 18.7 Å². The lowest BCUT2D eigenvalue weighted by atomic mass is 10.1. The molecule has 2 N–H and O–H groups in total. The Morgan fingerprint density at radius 2 is 1.90 bits per heavy atom. The molecule has 0 aliphatic carbocycles. The number of carbonyl (C=O) groups is 1. The molecule has 0 saturated heterocycles. The van der Waals surface area contributed by atoms with Gasteiger partial charge in [0.1, 0.15) is 17.2 Å². The number of alkyl halides is 3. The Morgan fingerprint density at radius 3 is 2.59 bits per heavy atom. The number of anilines is 1. The zero-order chi connectivity index (χ0) is 20.8. The van der Waals surface area contributed by atoms with Crippen LogP contribution >= 0.6 is 0 Å². The van der Waals surface area contributed by atoms with E-state index in [1.54, 1.807) is 38.2 Å². The Balaban J connectivity index is 1.77. The molecule has 0 fully saturated rings. The number of aryl methyl sites for hydroxylation is 2. The van der Waals surface area contributed by atoms with Crippen molar-refractivity contribution in [3.05, 3.63) is 65.4 Å². The minimum Gasteiger partial charge on any atom is -0.338 e. The van der Waals surface area contributed by atoms with Gasteiger partial charge in [-0.05, 0) is 25.1 Å². The van der Waals surface area contributed by atoms with Gasteiger partial charge >= 0.3 is 6.18 Å². The third-order valence-corrected chi connectivity index (χ3v) is 4.49. The molecule has 2 aromatic heterocycles. The normalized spacial score (nSPS) is 11.8. The summed E-state index contributed by atoms with van der Waals surface area (Å²) in [5, 5.41) is 6.92. The summed E-state index contributed by atoms with van der Waals surface area (Å²) < 4.78 is 41.6. The molecular weight excluding hydrogens is 383 g/mol. The van der Waals surface area contributed by atoms with Gasteiger partial charge in [-0.1, -0.05) is 24.3 Å². The number of halogens is 3. The highest BCUT2D eigenvalue weighted by Gasteiger charge is 2.34. The van der Waals surface area contributed by atoms with Gasteiger partial charge in [-0.2, -0.15) is 18.3 Å². The first-order valence-corrected chi connectivity index (χ1v) is 8.71. The molecule has 29 heavy (non-hydrogen) atoms. The van der Waals surface area contributed by atoms with E-state index in [1.165, 1.54) is 22.9 Å². The van der Waals surface area contributed by atoms with E-state index in [9.17, 15) is 18.0 Å². The van der Waals surface area contributed by atoms with E-state index in [2.05, 4.69) is 20.4 Å². The number of aromatic nitrogens is 4. The average molecular weight is 399 g/mol. The monoisotopic (exact) mass is 399 g/mol. The average Bonchev–Trinajstić information content (AvgIpc) is 3.23. The van der Waals surface area contributed by atoms with Crippen molar-refractivity contribution in [3.8, 4) is 11.4 Å². The lowest BCUT2D eigenvalue weighted by Gasteiger charge is -2.10. The topological polar surface area (TPSA) is 75.6 Å². The van der Waals surface area contributed by atoms with Crippen LogP contribution < -0.4 is 5.32 Å². The lowest BCUT2D eigenvalue weighted by molar-refractivity contribution is -0.137. The predicted octanol–water partition coefficient (Wildman–Crippen LogP) is 4.54. The van der Waals surface area contributed by atoms with Crippen molar-refractivity contribution in [3.63, 3.8) is 0 Å². The second kappa shape index (κ2) is 6.77. The molecular formula is C20H16F3N5O. The molecule has 4 aromatic rings. The summed E-state index contributed by atoms with van der Waals surface area (Å²) in [6.07, 6.45) is -4.52. The molecule has 0 unspecified atom stereocenters. The number of rotatable bonds is 3. The van der Waals surface area contributed by atoms with Crippen LogP contribution in [0.25, 0.3) is 22.4 Å². The molecule has 0 atom stereocenters. The van der Waals surface area contributed by atoms with Crippen LogP contribution in [0, 0.1) is 6.92 Å². The molecule has 2 heterocycles. The second-order valence-corrected chi connectivity index (χ2v) is 6.58. The van der Waals surface area contributed by atoms with Crippen LogP contribution in [0.1, 0.15) is 21.6 Å². The van der Waals surface area contributed by atoms with Crippen molar-refractivity contribution >= 4 is 22.8 Å². The van der Waals surface area contributed by atoms with Crippen LogP contribution in [0.2, 0.25) is 0 Å². The van der Waals surface area contributed by atoms with Crippen LogP contribution in [0.4, 0.5) is 19.0 Å². The summed E-state index contributed by atoms with van der Waals surface area (Å²) in [6.45, 7) is 1.80. The van der Waals surface area contributed by atoms with E-state index in [0.29, 0.717) is 11.3 Å². The van der Waals surface area contributed by atoms with E-state index >= 15 is 0 Å². The molecule has 2 aromatic carbocycles. The number of imidazole rings is 1. The third-order valence-electron chi connectivity index (χ3n) is 4.49. The van der Waals surface area contributed by atoms with Crippen LogP contribution in [0.3, 0.4) is 0 Å². The molecule has 1 amide bonds. The molecule has 0 aliphatic heterocycles. The summed E-state index contributed by atoms with van der Waals surface area (Å²) in [5.74, 6) is 0.119.